The van der Waals surface area contributed by atoms with Crippen molar-refractivity contribution >= 4 is 12.0 Å². The van der Waals surface area contributed by atoms with Gasteiger partial charge in [-0.15, -0.1) is 5.10 Å². The summed E-state index contributed by atoms with van der Waals surface area (Å²) in [5.41, 5.74) is 0.705. The van der Waals surface area contributed by atoms with E-state index in [9.17, 15) is 9.59 Å². The molecule has 126 valence electrons. The number of aromatic nitrogens is 4. The summed E-state index contributed by atoms with van der Waals surface area (Å²) >= 11 is 0. The van der Waals surface area contributed by atoms with Crippen LogP contribution in [0.2, 0.25) is 0 Å². The summed E-state index contributed by atoms with van der Waals surface area (Å²) in [4.78, 5) is 33.1. The van der Waals surface area contributed by atoms with Gasteiger partial charge < -0.3 is 14.1 Å². The summed E-state index contributed by atoms with van der Waals surface area (Å²) in [5, 5.41) is 6.11. The Hall–Kier alpha value is -2.97. The molecule has 1 saturated heterocycles. The fourth-order valence-electron chi connectivity index (χ4n) is 2.59. The predicted molar refractivity (Wildman–Crippen MR) is 83.3 cm³/mol. The van der Waals surface area contributed by atoms with E-state index in [1.165, 1.54) is 13.2 Å². The second-order valence-corrected chi connectivity index (χ2v) is 5.41. The molecule has 24 heavy (non-hydrogen) atoms. The van der Waals surface area contributed by atoms with Gasteiger partial charge in [-0.25, -0.2) is 19.9 Å². The van der Waals surface area contributed by atoms with Gasteiger partial charge in [0.15, 0.2) is 0 Å². The Morgan fingerprint density at radius 3 is 2.92 bits per heavy atom. The van der Waals surface area contributed by atoms with Gasteiger partial charge in [0.05, 0.1) is 13.0 Å². The van der Waals surface area contributed by atoms with Crippen LogP contribution in [0.5, 0.6) is 6.01 Å². The van der Waals surface area contributed by atoms with Crippen LogP contribution >= 0.6 is 0 Å². The maximum absolute atomic E-state index is 12.3. The zero-order valence-electron chi connectivity index (χ0n) is 13.1. The molecule has 1 amide bonds. The normalized spacial score (nSPS) is 18.0. The van der Waals surface area contributed by atoms with E-state index in [4.69, 9.17) is 9.15 Å². The predicted octanol–water partition coefficient (Wildman–Crippen LogP) is 0.581. The van der Waals surface area contributed by atoms with Crippen molar-refractivity contribution in [3.8, 4) is 6.01 Å². The van der Waals surface area contributed by atoms with Gasteiger partial charge in [0.25, 0.3) is 0 Å². The highest BCUT2D eigenvalue weighted by atomic mass is 16.5. The molecule has 2 aromatic rings. The van der Waals surface area contributed by atoms with Crippen molar-refractivity contribution < 1.29 is 13.9 Å². The van der Waals surface area contributed by atoms with Crippen LogP contribution in [-0.4, -0.2) is 51.2 Å². The third kappa shape index (κ3) is 3.67. The fourth-order valence-corrected chi connectivity index (χ4v) is 2.59. The molecule has 0 saturated carbocycles. The van der Waals surface area contributed by atoms with Gasteiger partial charge in [0.2, 0.25) is 11.8 Å². The molecule has 1 unspecified atom stereocenters. The van der Waals surface area contributed by atoms with Crippen molar-refractivity contribution in [3.05, 3.63) is 40.5 Å². The third-order valence-corrected chi connectivity index (χ3v) is 3.79. The van der Waals surface area contributed by atoms with Crippen LogP contribution in [0.4, 0.5) is 0 Å². The number of rotatable bonds is 4. The average Bonchev–Trinajstić information content (AvgIpc) is 3.06. The Morgan fingerprint density at radius 1 is 1.46 bits per heavy atom. The van der Waals surface area contributed by atoms with Crippen LogP contribution in [0, 0.1) is 0 Å². The highest BCUT2D eigenvalue weighted by Crippen LogP contribution is 2.24. The van der Waals surface area contributed by atoms with E-state index in [2.05, 4.69) is 20.2 Å². The van der Waals surface area contributed by atoms with Crippen LogP contribution in [-0.2, 0) is 4.79 Å². The number of hydrogen-bond acceptors (Lipinski definition) is 7. The van der Waals surface area contributed by atoms with E-state index >= 15 is 0 Å². The minimum absolute atomic E-state index is 0.0700. The molecule has 1 aliphatic rings. The minimum atomic E-state index is -0.576. The monoisotopic (exact) mass is 331 g/mol. The van der Waals surface area contributed by atoms with E-state index in [-0.39, 0.29) is 17.8 Å². The maximum Gasteiger partial charge on any atom is 0.434 e. The first-order chi connectivity index (χ1) is 11.7. The fraction of sp³-hybridized carbons (Fsp3) is 0.400. The van der Waals surface area contributed by atoms with Crippen molar-refractivity contribution in [2.75, 3.05) is 20.2 Å². The molecule has 9 heteroatoms. The van der Waals surface area contributed by atoms with Crippen molar-refractivity contribution in [2.24, 2.45) is 0 Å². The molecule has 0 bridgehead atoms. The number of piperidine rings is 1. The number of likely N-dealkylation sites (tertiary alicyclic amines) is 1. The summed E-state index contributed by atoms with van der Waals surface area (Å²) in [6.45, 7) is 1.13. The molecule has 0 spiro atoms. The molecule has 9 nitrogen and oxygen atoms in total. The molecule has 3 rings (SSSR count). The Kier molecular flexibility index (Phi) is 4.69. The van der Waals surface area contributed by atoms with Gasteiger partial charge in [-0.1, -0.05) is 0 Å². The van der Waals surface area contributed by atoms with Crippen molar-refractivity contribution in [3.63, 3.8) is 0 Å². The maximum atomic E-state index is 12.3. The third-order valence-electron chi connectivity index (χ3n) is 3.79. The molecule has 1 aliphatic heterocycles. The Bertz CT molecular complexity index is 780. The first-order valence-electron chi connectivity index (χ1n) is 7.54. The minimum Gasteiger partial charge on any atom is -0.467 e. The number of aromatic amines is 1. The van der Waals surface area contributed by atoms with Crippen LogP contribution in [0.3, 0.4) is 0 Å². The lowest BCUT2D eigenvalue weighted by atomic mass is 9.98. The number of hydrogen-bond donors (Lipinski definition) is 1. The largest absolute Gasteiger partial charge is 0.467 e. The summed E-state index contributed by atoms with van der Waals surface area (Å²) in [6.07, 6.45) is 7.94. The van der Waals surface area contributed by atoms with E-state index in [0.717, 1.165) is 12.8 Å². The molecule has 2 aromatic heterocycles. The number of nitrogens with one attached hydrogen (secondary N) is 1. The lowest BCUT2D eigenvalue weighted by Gasteiger charge is -2.30. The van der Waals surface area contributed by atoms with Gasteiger partial charge in [0.1, 0.15) is 0 Å². The van der Waals surface area contributed by atoms with E-state index < -0.39 is 5.76 Å². The molecule has 1 atom stereocenters. The Balaban J connectivity index is 1.63. The number of carbonyl (C=O) groups excluding carboxylic acids is 1. The van der Waals surface area contributed by atoms with Crippen molar-refractivity contribution in [1.29, 1.82) is 0 Å². The summed E-state index contributed by atoms with van der Waals surface area (Å²) in [7, 11) is 1.49. The number of H-pyrrole nitrogens is 1. The van der Waals surface area contributed by atoms with Gasteiger partial charge in [-0.05, 0) is 18.9 Å². The smallest absolute Gasteiger partial charge is 0.434 e. The van der Waals surface area contributed by atoms with Gasteiger partial charge >= 0.3 is 11.8 Å². The van der Waals surface area contributed by atoms with Crippen molar-refractivity contribution in [2.45, 2.75) is 18.8 Å². The average molecular weight is 331 g/mol. The second kappa shape index (κ2) is 7.07. The van der Waals surface area contributed by atoms with E-state index in [1.807, 2.05) is 0 Å². The molecule has 0 aromatic carbocycles. The van der Waals surface area contributed by atoms with E-state index in [1.54, 1.807) is 23.4 Å². The highest BCUT2D eigenvalue weighted by Gasteiger charge is 2.27. The number of nitrogens with zero attached hydrogens (tertiary/aromatic N) is 4. The Morgan fingerprint density at radius 2 is 2.25 bits per heavy atom. The van der Waals surface area contributed by atoms with Crippen LogP contribution in [0.1, 0.15) is 30.2 Å². The van der Waals surface area contributed by atoms with Crippen LogP contribution in [0.15, 0.2) is 27.7 Å². The Labute approximate surface area is 137 Å². The SMILES string of the molecule is COc1ncc(/C=C/C(=O)N2CCCC(c3n[nH]c(=O)o3)C2)cn1. The molecular formula is C15H17N5O4. The van der Waals surface area contributed by atoms with Crippen molar-refractivity contribution in [1.82, 2.24) is 25.1 Å². The number of amides is 1. The van der Waals surface area contributed by atoms with Gasteiger partial charge in [-0.3, -0.25) is 4.79 Å². The number of ether oxygens (including phenoxy) is 1. The van der Waals surface area contributed by atoms with Gasteiger partial charge in [-0.2, -0.15) is 0 Å². The number of methoxy groups -OCH3 is 1. The molecule has 1 N–H and O–H groups in total. The zero-order chi connectivity index (χ0) is 16.9. The molecular weight excluding hydrogens is 314 g/mol. The standard InChI is InChI=1S/C15H17N5O4/c1-23-14-16-7-10(8-17-14)4-5-12(21)20-6-2-3-11(9-20)13-18-19-15(22)24-13/h4-5,7-8,11H,2-3,6,9H2,1H3,(H,19,22)/b5-4+. The first-order valence-corrected chi connectivity index (χ1v) is 7.54. The number of carbonyl (C=O) groups is 1. The lowest BCUT2D eigenvalue weighted by Crippen LogP contribution is -2.38. The zero-order valence-corrected chi connectivity index (χ0v) is 13.1. The molecule has 3 heterocycles. The summed E-state index contributed by atoms with van der Waals surface area (Å²) in [6, 6.07) is 0.276. The van der Waals surface area contributed by atoms with Gasteiger partial charge in [0, 0.05) is 37.1 Å². The topological polar surface area (TPSA) is 114 Å². The highest BCUT2D eigenvalue weighted by molar-refractivity contribution is 5.91. The molecule has 1 fully saturated rings. The molecule has 0 aliphatic carbocycles. The van der Waals surface area contributed by atoms with Crippen LogP contribution < -0.4 is 10.5 Å². The summed E-state index contributed by atoms with van der Waals surface area (Å²) < 4.78 is 9.88. The second-order valence-electron chi connectivity index (χ2n) is 5.41. The van der Waals surface area contributed by atoms with E-state index in [0.29, 0.717) is 24.5 Å². The van der Waals surface area contributed by atoms with Crippen LogP contribution in [0.25, 0.3) is 6.08 Å². The first kappa shape index (κ1) is 15.9. The molecule has 0 radical (unpaired) electrons. The lowest BCUT2D eigenvalue weighted by molar-refractivity contribution is -0.127. The quantitative estimate of drug-likeness (QED) is 0.815. The summed E-state index contributed by atoms with van der Waals surface area (Å²) in [5.74, 6) is -0.411.